The number of amides is 1. The Morgan fingerprint density at radius 3 is 2.54 bits per heavy atom. The molecule has 0 spiro atoms. The van der Waals surface area contributed by atoms with Crippen molar-refractivity contribution in [1.82, 2.24) is 10.0 Å². The molecule has 0 heterocycles. The summed E-state index contributed by atoms with van der Waals surface area (Å²) < 4.78 is 40.8. The van der Waals surface area contributed by atoms with E-state index in [1.807, 2.05) is 13.8 Å². The van der Waals surface area contributed by atoms with Gasteiger partial charge in [0.05, 0.1) is 4.90 Å². The van der Waals surface area contributed by atoms with Crippen molar-refractivity contribution in [1.29, 1.82) is 0 Å². The Labute approximate surface area is 153 Å². The minimum absolute atomic E-state index is 0.0229. The molecule has 7 heteroatoms. The number of rotatable bonds is 8. The number of carbonyl (C=O) groups excluding carboxylic acids is 1. The van der Waals surface area contributed by atoms with Gasteiger partial charge >= 0.3 is 0 Å². The molecule has 26 heavy (non-hydrogen) atoms. The minimum Gasteiger partial charge on any atom is -0.348 e. The summed E-state index contributed by atoms with van der Waals surface area (Å²) in [6, 6.07) is 11.9. The van der Waals surface area contributed by atoms with Gasteiger partial charge in [-0.1, -0.05) is 38.1 Å². The van der Waals surface area contributed by atoms with Crippen LogP contribution in [0.2, 0.25) is 0 Å². The Morgan fingerprint density at radius 1 is 1.12 bits per heavy atom. The van der Waals surface area contributed by atoms with Gasteiger partial charge in [0.1, 0.15) is 5.82 Å². The Morgan fingerprint density at radius 2 is 1.85 bits per heavy atom. The van der Waals surface area contributed by atoms with Gasteiger partial charge in [-0.25, -0.2) is 17.5 Å². The summed E-state index contributed by atoms with van der Waals surface area (Å²) in [7, 11) is -3.68. The highest BCUT2D eigenvalue weighted by Gasteiger charge is 2.16. The van der Waals surface area contributed by atoms with Crippen molar-refractivity contribution in [3.05, 3.63) is 65.5 Å². The SMILES string of the molecule is CC(C)CCNS(=O)(=O)c1cccc(C(=O)NCc2ccccc2F)c1. The first kappa shape index (κ1) is 20.1. The smallest absolute Gasteiger partial charge is 0.251 e. The van der Waals surface area contributed by atoms with Crippen molar-refractivity contribution in [2.45, 2.75) is 31.7 Å². The summed E-state index contributed by atoms with van der Waals surface area (Å²) in [6.07, 6.45) is 0.724. The van der Waals surface area contributed by atoms with E-state index in [1.54, 1.807) is 18.2 Å². The molecule has 0 aliphatic heterocycles. The molecule has 0 unspecified atom stereocenters. The Balaban J connectivity index is 2.05. The summed E-state index contributed by atoms with van der Waals surface area (Å²) in [4.78, 5) is 12.3. The molecule has 2 aromatic rings. The second kappa shape index (κ2) is 8.91. The predicted octanol–water partition coefficient (Wildman–Crippen LogP) is 3.08. The Bertz CT molecular complexity index is 867. The van der Waals surface area contributed by atoms with Crippen molar-refractivity contribution in [3.63, 3.8) is 0 Å². The van der Waals surface area contributed by atoms with Gasteiger partial charge < -0.3 is 5.32 Å². The van der Waals surface area contributed by atoms with E-state index in [2.05, 4.69) is 10.0 Å². The van der Waals surface area contributed by atoms with Crippen LogP contribution in [0.1, 0.15) is 36.2 Å². The maximum atomic E-state index is 13.6. The van der Waals surface area contributed by atoms with Crippen LogP contribution in [0.3, 0.4) is 0 Å². The van der Waals surface area contributed by atoms with Crippen LogP contribution in [0, 0.1) is 11.7 Å². The van der Waals surface area contributed by atoms with Crippen molar-refractivity contribution < 1.29 is 17.6 Å². The topological polar surface area (TPSA) is 75.3 Å². The van der Waals surface area contributed by atoms with Crippen molar-refractivity contribution in [3.8, 4) is 0 Å². The lowest BCUT2D eigenvalue weighted by Crippen LogP contribution is -2.27. The van der Waals surface area contributed by atoms with Gasteiger partial charge in [-0.05, 0) is 36.6 Å². The van der Waals surface area contributed by atoms with Gasteiger partial charge in [-0.15, -0.1) is 0 Å². The van der Waals surface area contributed by atoms with Crippen LogP contribution >= 0.6 is 0 Å². The molecule has 2 rings (SSSR count). The van der Waals surface area contributed by atoms with Crippen LogP contribution in [0.4, 0.5) is 4.39 Å². The van der Waals surface area contributed by atoms with Gasteiger partial charge in [-0.2, -0.15) is 0 Å². The fourth-order valence-electron chi connectivity index (χ4n) is 2.29. The van der Waals surface area contributed by atoms with Gasteiger partial charge in [0.25, 0.3) is 5.91 Å². The molecule has 0 saturated heterocycles. The van der Waals surface area contributed by atoms with Gasteiger partial charge in [0, 0.05) is 24.2 Å². The zero-order valence-corrected chi connectivity index (χ0v) is 15.6. The second-order valence-electron chi connectivity index (χ2n) is 6.38. The lowest BCUT2D eigenvalue weighted by molar-refractivity contribution is 0.0950. The van der Waals surface area contributed by atoms with E-state index < -0.39 is 21.7 Å². The van der Waals surface area contributed by atoms with E-state index in [9.17, 15) is 17.6 Å². The molecule has 2 N–H and O–H groups in total. The van der Waals surface area contributed by atoms with Crippen LogP contribution in [-0.4, -0.2) is 20.9 Å². The van der Waals surface area contributed by atoms with E-state index in [0.717, 1.165) is 6.42 Å². The number of nitrogens with one attached hydrogen (secondary N) is 2. The Hall–Kier alpha value is -2.25. The lowest BCUT2D eigenvalue weighted by Gasteiger charge is -2.10. The van der Waals surface area contributed by atoms with Gasteiger partial charge in [-0.3, -0.25) is 4.79 Å². The number of benzene rings is 2. The average molecular weight is 378 g/mol. The van der Waals surface area contributed by atoms with Crippen LogP contribution in [-0.2, 0) is 16.6 Å². The summed E-state index contributed by atoms with van der Waals surface area (Å²) >= 11 is 0. The number of halogens is 1. The lowest BCUT2D eigenvalue weighted by atomic mass is 10.1. The molecule has 0 saturated carbocycles. The molecule has 0 aliphatic rings. The van der Waals surface area contributed by atoms with Crippen LogP contribution in [0.15, 0.2) is 53.4 Å². The molecule has 0 radical (unpaired) electrons. The normalized spacial score (nSPS) is 11.5. The fourth-order valence-corrected chi connectivity index (χ4v) is 3.38. The zero-order chi connectivity index (χ0) is 19.2. The van der Waals surface area contributed by atoms with Crippen molar-refractivity contribution >= 4 is 15.9 Å². The first-order chi connectivity index (χ1) is 12.3. The third-order valence-corrected chi connectivity index (χ3v) is 5.28. The number of hydrogen-bond donors (Lipinski definition) is 2. The van der Waals surface area contributed by atoms with E-state index in [-0.39, 0.29) is 17.0 Å². The summed E-state index contributed by atoms with van der Waals surface area (Å²) in [5.41, 5.74) is 0.563. The van der Waals surface area contributed by atoms with Crippen LogP contribution in [0.5, 0.6) is 0 Å². The Kier molecular flexibility index (Phi) is 6.88. The second-order valence-corrected chi connectivity index (χ2v) is 8.15. The van der Waals surface area contributed by atoms with E-state index in [4.69, 9.17) is 0 Å². The van der Waals surface area contributed by atoms with Crippen LogP contribution in [0.25, 0.3) is 0 Å². The van der Waals surface area contributed by atoms with E-state index >= 15 is 0 Å². The fraction of sp³-hybridized carbons (Fsp3) is 0.316. The quantitative estimate of drug-likeness (QED) is 0.741. The summed E-state index contributed by atoms with van der Waals surface area (Å²) in [5, 5.41) is 2.60. The first-order valence-electron chi connectivity index (χ1n) is 8.41. The minimum atomic E-state index is -3.68. The molecule has 2 aromatic carbocycles. The largest absolute Gasteiger partial charge is 0.348 e. The first-order valence-corrected chi connectivity index (χ1v) is 9.89. The zero-order valence-electron chi connectivity index (χ0n) is 14.8. The number of sulfonamides is 1. The van der Waals surface area contributed by atoms with E-state index in [0.29, 0.717) is 18.0 Å². The monoisotopic (exact) mass is 378 g/mol. The van der Waals surface area contributed by atoms with Crippen LogP contribution < -0.4 is 10.0 Å². The molecule has 5 nitrogen and oxygen atoms in total. The highest BCUT2D eigenvalue weighted by Crippen LogP contribution is 2.13. The maximum absolute atomic E-state index is 13.6. The number of hydrogen-bond acceptors (Lipinski definition) is 3. The third-order valence-electron chi connectivity index (χ3n) is 3.82. The molecule has 0 bridgehead atoms. The third kappa shape index (κ3) is 5.64. The molecule has 0 atom stereocenters. The molecule has 0 aromatic heterocycles. The molecule has 1 amide bonds. The maximum Gasteiger partial charge on any atom is 0.251 e. The summed E-state index contributed by atoms with van der Waals surface area (Å²) in [5.74, 6) is -0.487. The molecule has 140 valence electrons. The number of carbonyl (C=O) groups is 1. The molecule has 0 aliphatic carbocycles. The average Bonchev–Trinajstić information content (AvgIpc) is 2.60. The summed E-state index contributed by atoms with van der Waals surface area (Å²) in [6.45, 7) is 4.38. The van der Waals surface area contributed by atoms with Crippen molar-refractivity contribution in [2.75, 3.05) is 6.54 Å². The molecular weight excluding hydrogens is 355 g/mol. The van der Waals surface area contributed by atoms with Crippen molar-refractivity contribution in [2.24, 2.45) is 5.92 Å². The van der Waals surface area contributed by atoms with Gasteiger partial charge in [0.15, 0.2) is 0 Å². The highest BCUT2D eigenvalue weighted by molar-refractivity contribution is 7.89. The standard InChI is InChI=1S/C19H23FN2O3S/c1-14(2)10-11-22-26(24,25)17-8-5-7-15(12-17)19(23)21-13-16-6-3-4-9-18(16)20/h3-9,12,14,22H,10-11,13H2,1-2H3,(H,21,23). The highest BCUT2D eigenvalue weighted by atomic mass is 32.2. The van der Waals surface area contributed by atoms with E-state index in [1.165, 1.54) is 30.3 Å². The predicted molar refractivity (Wildman–Crippen MR) is 98.7 cm³/mol. The molecule has 0 fully saturated rings. The molecular formula is C19H23FN2O3S. The van der Waals surface area contributed by atoms with Gasteiger partial charge in [0.2, 0.25) is 10.0 Å².